The Kier molecular flexibility index (Phi) is 4.35. The Bertz CT molecular complexity index is 664. The highest BCUT2D eigenvalue weighted by atomic mass is 19.4. The van der Waals surface area contributed by atoms with Gasteiger partial charge in [0, 0.05) is 18.2 Å². The number of hydrogen-bond donors (Lipinski definition) is 2. The monoisotopic (exact) mass is 329 g/mol. The number of carbonyl (C=O) groups excluding carboxylic acids is 1. The van der Waals surface area contributed by atoms with Crippen molar-refractivity contribution < 1.29 is 33.0 Å². The Morgan fingerprint density at radius 2 is 1.87 bits per heavy atom. The van der Waals surface area contributed by atoms with E-state index < -0.39 is 41.0 Å². The molecule has 23 heavy (non-hydrogen) atoms. The molecule has 2 rings (SSSR count). The van der Waals surface area contributed by atoms with Crippen molar-refractivity contribution in [1.82, 2.24) is 0 Å². The van der Waals surface area contributed by atoms with Crippen molar-refractivity contribution in [1.29, 1.82) is 0 Å². The summed E-state index contributed by atoms with van der Waals surface area (Å²) in [6, 6.07) is 3.36. The predicted molar refractivity (Wildman–Crippen MR) is 74.9 cm³/mol. The number of amides is 1. The Balaban J connectivity index is 2.44. The Morgan fingerprint density at radius 3 is 2.30 bits per heavy atom. The molecule has 0 aromatic heterocycles. The lowest BCUT2D eigenvalue weighted by molar-refractivity contribution is -0.138. The fourth-order valence-electron chi connectivity index (χ4n) is 2.51. The molecule has 124 valence electrons. The van der Waals surface area contributed by atoms with Gasteiger partial charge < -0.3 is 15.1 Å². The summed E-state index contributed by atoms with van der Waals surface area (Å²) in [5.41, 5.74) is -1.47. The molecule has 1 amide bonds. The second-order valence-corrected chi connectivity index (χ2v) is 5.11. The summed E-state index contributed by atoms with van der Waals surface area (Å²) in [7, 11) is 0. The molecule has 8 heteroatoms. The van der Waals surface area contributed by atoms with Crippen LogP contribution in [0.4, 0.5) is 18.9 Å². The molecule has 0 radical (unpaired) electrons. The molecular formula is C15H14F3NO4. The molecule has 1 aromatic carbocycles. The smallest absolute Gasteiger partial charge is 0.416 e. The average molecular weight is 329 g/mol. The summed E-state index contributed by atoms with van der Waals surface area (Å²) < 4.78 is 37.8. The van der Waals surface area contributed by atoms with E-state index in [-0.39, 0.29) is 12.1 Å². The first kappa shape index (κ1) is 16.9. The first-order valence-corrected chi connectivity index (χ1v) is 6.83. The van der Waals surface area contributed by atoms with Crippen molar-refractivity contribution in [3.63, 3.8) is 0 Å². The van der Waals surface area contributed by atoms with Crippen molar-refractivity contribution in [3.8, 4) is 0 Å². The summed E-state index contributed by atoms with van der Waals surface area (Å²) in [6.07, 6.45) is -4.16. The van der Waals surface area contributed by atoms with Gasteiger partial charge in [-0.3, -0.25) is 4.79 Å². The lowest BCUT2D eigenvalue weighted by Gasteiger charge is -2.35. The van der Waals surface area contributed by atoms with E-state index >= 15 is 0 Å². The highest BCUT2D eigenvalue weighted by Gasteiger charge is 2.38. The van der Waals surface area contributed by atoms with Gasteiger partial charge in [-0.2, -0.15) is 13.2 Å². The summed E-state index contributed by atoms with van der Waals surface area (Å²) in [5.74, 6) is -3.02. The molecule has 0 bridgehead atoms. The number of aliphatic carboxylic acids is 1. The average Bonchev–Trinajstić information content (AvgIpc) is 2.45. The molecule has 0 saturated heterocycles. The number of carboxylic acids is 1. The van der Waals surface area contributed by atoms with Crippen molar-refractivity contribution in [2.24, 2.45) is 0 Å². The van der Waals surface area contributed by atoms with Crippen LogP contribution in [-0.4, -0.2) is 28.1 Å². The van der Waals surface area contributed by atoms with Crippen molar-refractivity contribution >= 4 is 17.6 Å². The normalized spacial score (nSPS) is 19.2. The van der Waals surface area contributed by atoms with Gasteiger partial charge >= 0.3 is 12.1 Å². The van der Waals surface area contributed by atoms with Crippen LogP contribution in [-0.2, 0) is 15.8 Å². The molecule has 0 aliphatic carbocycles. The number of aliphatic hydroxyl groups is 1. The standard InChI is InChI=1S/C15H14F3NO4/c1-2-9-7-11(20)12(14(22)23)13(21)19(9)10-5-3-8(4-6-10)15(16,17)18/h3-6,9,20H,2,7H2,1H3,(H,22,23). The summed E-state index contributed by atoms with van der Waals surface area (Å²) in [4.78, 5) is 24.6. The summed E-state index contributed by atoms with van der Waals surface area (Å²) in [5, 5.41) is 18.8. The van der Waals surface area contributed by atoms with E-state index in [0.29, 0.717) is 6.42 Å². The van der Waals surface area contributed by atoms with E-state index in [9.17, 15) is 27.9 Å². The van der Waals surface area contributed by atoms with Crippen LogP contribution in [0.25, 0.3) is 0 Å². The number of benzene rings is 1. The number of carbonyl (C=O) groups is 2. The minimum atomic E-state index is -4.50. The van der Waals surface area contributed by atoms with E-state index in [1.165, 1.54) is 0 Å². The maximum atomic E-state index is 12.6. The molecule has 1 unspecified atom stereocenters. The number of carboxylic acid groups (broad SMARTS) is 1. The zero-order valence-electron chi connectivity index (χ0n) is 12.1. The van der Waals surface area contributed by atoms with Gasteiger partial charge in [-0.15, -0.1) is 0 Å². The lowest BCUT2D eigenvalue weighted by Crippen LogP contribution is -2.46. The number of hydrogen-bond acceptors (Lipinski definition) is 3. The highest BCUT2D eigenvalue weighted by Crippen LogP contribution is 2.34. The van der Waals surface area contributed by atoms with Crippen molar-refractivity contribution in [2.75, 3.05) is 4.90 Å². The minimum Gasteiger partial charge on any atom is -0.511 e. The van der Waals surface area contributed by atoms with Crippen LogP contribution in [0, 0.1) is 0 Å². The zero-order valence-corrected chi connectivity index (χ0v) is 12.1. The van der Waals surface area contributed by atoms with Gasteiger partial charge in [-0.25, -0.2) is 4.79 Å². The Morgan fingerprint density at radius 1 is 1.30 bits per heavy atom. The molecule has 0 saturated carbocycles. The SMILES string of the molecule is CCC1CC(O)=C(C(=O)O)C(=O)N1c1ccc(C(F)(F)F)cc1. The molecule has 1 aliphatic heterocycles. The van der Waals surface area contributed by atoms with Crippen LogP contribution < -0.4 is 4.90 Å². The van der Waals surface area contributed by atoms with Gasteiger partial charge in [-0.1, -0.05) is 6.92 Å². The number of rotatable bonds is 3. The van der Waals surface area contributed by atoms with E-state index in [1.54, 1.807) is 6.92 Å². The summed E-state index contributed by atoms with van der Waals surface area (Å²) in [6.45, 7) is 1.73. The van der Waals surface area contributed by atoms with E-state index in [2.05, 4.69) is 0 Å². The number of aliphatic hydroxyl groups excluding tert-OH is 1. The van der Waals surface area contributed by atoms with Gasteiger partial charge in [0.15, 0.2) is 5.57 Å². The molecule has 1 aromatic rings. The van der Waals surface area contributed by atoms with Gasteiger partial charge in [-0.05, 0) is 30.7 Å². The second-order valence-electron chi connectivity index (χ2n) is 5.11. The maximum Gasteiger partial charge on any atom is 0.416 e. The van der Waals surface area contributed by atoms with Crippen LogP contribution in [0.15, 0.2) is 35.6 Å². The summed E-state index contributed by atoms with van der Waals surface area (Å²) >= 11 is 0. The molecule has 0 spiro atoms. The molecule has 1 heterocycles. The van der Waals surface area contributed by atoms with E-state index in [1.807, 2.05) is 0 Å². The van der Waals surface area contributed by atoms with Crippen molar-refractivity contribution in [3.05, 3.63) is 41.2 Å². The van der Waals surface area contributed by atoms with Gasteiger partial charge in [0.1, 0.15) is 5.76 Å². The Hall–Kier alpha value is -2.51. The molecule has 5 nitrogen and oxygen atoms in total. The number of halogens is 3. The van der Waals surface area contributed by atoms with Crippen LogP contribution in [0.5, 0.6) is 0 Å². The number of anilines is 1. The molecule has 1 aliphatic rings. The Labute approximate surface area is 129 Å². The van der Waals surface area contributed by atoms with Crippen molar-refractivity contribution in [2.45, 2.75) is 32.0 Å². The topological polar surface area (TPSA) is 77.8 Å². The minimum absolute atomic E-state index is 0.0646. The van der Waals surface area contributed by atoms with E-state index in [4.69, 9.17) is 5.11 Å². The third-order valence-corrected chi connectivity index (χ3v) is 3.67. The zero-order chi connectivity index (χ0) is 17.4. The van der Waals surface area contributed by atoms with Crippen LogP contribution >= 0.6 is 0 Å². The number of nitrogens with zero attached hydrogens (tertiary/aromatic N) is 1. The predicted octanol–water partition coefficient (Wildman–Crippen LogP) is 3.12. The van der Waals surface area contributed by atoms with Gasteiger partial charge in [0.2, 0.25) is 0 Å². The molecule has 1 atom stereocenters. The van der Waals surface area contributed by atoms with Crippen LogP contribution in [0.3, 0.4) is 0 Å². The fraction of sp³-hybridized carbons (Fsp3) is 0.333. The largest absolute Gasteiger partial charge is 0.511 e. The van der Waals surface area contributed by atoms with Crippen LogP contribution in [0.2, 0.25) is 0 Å². The quantitative estimate of drug-likeness (QED) is 0.835. The number of alkyl halides is 3. The molecule has 2 N–H and O–H groups in total. The first-order valence-electron chi connectivity index (χ1n) is 6.83. The van der Waals surface area contributed by atoms with E-state index in [0.717, 1.165) is 29.2 Å². The second kappa shape index (κ2) is 5.94. The first-order chi connectivity index (χ1) is 10.7. The van der Waals surface area contributed by atoms with Gasteiger partial charge in [0.05, 0.1) is 5.56 Å². The highest BCUT2D eigenvalue weighted by molar-refractivity contribution is 6.22. The lowest BCUT2D eigenvalue weighted by atomic mass is 9.97. The fourth-order valence-corrected chi connectivity index (χ4v) is 2.51. The molecule has 0 fully saturated rings. The maximum absolute atomic E-state index is 12.6. The molecular weight excluding hydrogens is 315 g/mol. The third-order valence-electron chi connectivity index (χ3n) is 3.67. The third kappa shape index (κ3) is 3.15. The van der Waals surface area contributed by atoms with Gasteiger partial charge in [0.25, 0.3) is 5.91 Å². The van der Waals surface area contributed by atoms with Crippen LogP contribution in [0.1, 0.15) is 25.3 Å².